The molecule has 1 atom stereocenters. The number of halogens is 1. The number of fused-ring (bicyclic) bond motifs is 2. The van der Waals surface area contributed by atoms with Gasteiger partial charge in [-0.2, -0.15) is 0 Å². The minimum absolute atomic E-state index is 0.321. The summed E-state index contributed by atoms with van der Waals surface area (Å²) in [4.78, 5) is 20.1. The molecule has 3 heterocycles. The van der Waals surface area contributed by atoms with Crippen LogP contribution < -0.4 is 4.74 Å². The second-order valence-corrected chi connectivity index (χ2v) is 12.3. The molecule has 41 heavy (non-hydrogen) atoms. The SMILES string of the molecule is Cc1nc2c(c(-c3cc(F)c4c(c3C)CCCO4)c1[C@H](OC(C)(C)C)C(=O)O)CN(CCCc1ccccc1)CC2. The second-order valence-electron chi connectivity index (χ2n) is 12.3. The first kappa shape index (κ1) is 29.2. The summed E-state index contributed by atoms with van der Waals surface area (Å²) >= 11 is 0. The first-order valence-corrected chi connectivity index (χ1v) is 14.7. The minimum Gasteiger partial charge on any atom is -0.490 e. The zero-order valence-corrected chi connectivity index (χ0v) is 24.8. The van der Waals surface area contributed by atoms with Crippen molar-refractivity contribution in [2.24, 2.45) is 0 Å². The molecule has 1 aromatic heterocycles. The predicted octanol–water partition coefficient (Wildman–Crippen LogP) is 6.76. The molecule has 2 aliphatic rings. The Morgan fingerprint density at radius 1 is 1.17 bits per heavy atom. The van der Waals surface area contributed by atoms with E-state index in [1.807, 2.05) is 40.7 Å². The molecule has 0 amide bonds. The van der Waals surface area contributed by atoms with Gasteiger partial charge in [-0.25, -0.2) is 9.18 Å². The molecule has 218 valence electrons. The molecular weight excluding hydrogens is 519 g/mol. The van der Waals surface area contributed by atoms with E-state index in [4.69, 9.17) is 14.5 Å². The lowest BCUT2D eigenvalue weighted by Gasteiger charge is -2.34. The molecule has 0 fully saturated rings. The Bertz CT molecular complexity index is 1430. The summed E-state index contributed by atoms with van der Waals surface area (Å²) < 4.78 is 27.5. The van der Waals surface area contributed by atoms with Crippen LogP contribution in [0.3, 0.4) is 0 Å². The molecule has 0 bridgehead atoms. The predicted molar refractivity (Wildman–Crippen MR) is 158 cm³/mol. The molecule has 0 aliphatic carbocycles. The average molecular weight is 561 g/mol. The Morgan fingerprint density at radius 2 is 1.93 bits per heavy atom. The molecule has 7 heteroatoms. The number of hydrogen-bond donors (Lipinski definition) is 1. The fourth-order valence-corrected chi connectivity index (χ4v) is 6.24. The molecule has 0 unspecified atom stereocenters. The van der Waals surface area contributed by atoms with Gasteiger partial charge in [0, 0.05) is 42.0 Å². The van der Waals surface area contributed by atoms with Crippen molar-refractivity contribution in [1.82, 2.24) is 9.88 Å². The van der Waals surface area contributed by atoms with Gasteiger partial charge in [0.2, 0.25) is 0 Å². The van der Waals surface area contributed by atoms with E-state index in [1.165, 1.54) is 11.6 Å². The molecule has 3 aromatic rings. The van der Waals surface area contributed by atoms with Gasteiger partial charge < -0.3 is 14.6 Å². The maximum Gasteiger partial charge on any atom is 0.337 e. The lowest BCUT2D eigenvalue weighted by atomic mass is 9.83. The zero-order valence-electron chi connectivity index (χ0n) is 24.8. The van der Waals surface area contributed by atoms with Crippen molar-refractivity contribution in [3.63, 3.8) is 0 Å². The second kappa shape index (κ2) is 11.9. The number of aryl methyl sites for hydroxylation is 2. The number of carboxylic acid groups (broad SMARTS) is 1. The third-order valence-corrected chi connectivity index (χ3v) is 8.10. The number of nitrogens with zero attached hydrogens (tertiary/aromatic N) is 2. The number of carboxylic acids is 1. The smallest absolute Gasteiger partial charge is 0.337 e. The molecule has 0 saturated heterocycles. The van der Waals surface area contributed by atoms with Crippen molar-refractivity contribution in [2.45, 2.75) is 85.0 Å². The van der Waals surface area contributed by atoms with Gasteiger partial charge in [0.25, 0.3) is 0 Å². The van der Waals surface area contributed by atoms with Gasteiger partial charge in [0.05, 0.1) is 12.2 Å². The van der Waals surface area contributed by atoms with Gasteiger partial charge in [-0.15, -0.1) is 0 Å². The molecule has 2 aromatic carbocycles. The Balaban J connectivity index is 1.62. The van der Waals surface area contributed by atoms with Gasteiger partial charge in [-0.05, 0) is 101 Å². The zero-order chi connectivity index (χ0) is 29.3. The van der Waals surface area contributed by atoms with Crippen LogP contribution in [0.1, 0.15) is 78.9 Å². The highest BCUT2D eigenvalue weighted by Gasteiger charge is 2.36. The van der Waals surface area contributed by atoms with E-state index >= 15 is 4.39 Å². The molecular formula is C34H41FN2O4. The van der Waals surface area contributed by atoms with E-state index in [1.54, 1.807) is 0 Å². The summed E-state index contributed by atoms with van der Waals surface area (Å²) in [6.07, 6.45) is 3.05. The Hall–Kier alpha value is -3.29. The van der Waals surface area contributed by atoms with Crippen molar-refractivity contribution in [3.8, 4) is 16.9 Å². The standard InChI is InChI=1S/C34H41FN2O4/c1-21-24-14-10-18-40-31(24)27(35)19-25(21)30-26-20-37(16-9-13-23-11-7-6-8-12-23)17-15-28(26)36-22(2)29(30)32(33(38)39)41-34(3,4)5/h6-8,11-12,19,32H,9-10,13-18,20H2,1-5H3,(H,38,39)/t32-/m0/s1. The third kappa shape index (κ3) is 6.31. The third-order valence-electron chi connectivity index (χ3n) is 8.10. The topological polar surface area (TPSA) is 71.9 Å². The van der Waals surface area contributed by atoms with E-state index in [0.29, 0.717) is 35.7 Å². The van der Waals surface area contributed by atoms with E-state index in [0.717, 1.165) is 73.1 Å². The van der Waals surface area contributed by atoms with E-state index in [9.17, 15) is 9.90 Å². The van der Waals surface area contributed by atoms with Crippen LogP contribution in [0.15, 0.2) is 36.4 Å². The fraction of sp³-hybridized carbons (Fsp3) is 0.471. The van der Waals surface area contributed by atoms with Crippen LogP contribution >= 0.6 is 0 Å². The molecule has 2 aliphatic heterocycles. The lowest BCUT2D eigenvalue weighted by Crippen LogP contribution is -2.34. The maximum atomic E-state index is 15.6. The Morgan fingerprint density at radius 3 is 2.63 bits per heavy atom. The van der Waals surface area contributed by atoms with Crippen LogP contribution in [-0.2, 0) is 35.3 Å². The van der Waals surface area contributed by atoms with Crippen molar-refractivity contribution in [3.05, 3.63) is 81.4 Å². The van der Waals surface area contributed by atoms with Crippen LogP contribution in [0, 0.1) is 19.7 Å². The minimum atomic E-state index is -1.24. The van der Waals surface area contributed by atoms with E-state index in [2.05, 4.69) is 29.2 Å². The van der Waals surface area contributed by atoms with Gasteiger partial charge in [0.1, 0.15) is 0 Å². The van der Waals surface area contributed by atoms with Crippen LogP contribution in [0.5, 0.6) is 5.75 Å². The van der Waals surface area contributed by atoms with Crippen LogP contribution in [0.2, 0.25) is 0 Å². The summed E-state index contributed by atoms with van der Waals surface area (Å²) in [6.45, 7) is 12.3. The number of pyridine rings is 1. The molecule has 0 radical (unpaired) electrons. The molecule has 6 nitrogen and oxygen atoms in total. The molecule has 0 spiro atoms. The average Bonchev–Trinajstić information content (AvgIpc) is 2.93. The number of aliphatic carboxylic acids is 1. The Labute approximate surface area is 242 Å². The Kier molecular flexibility index (Phi) is 8.48. The van der Waals surface area contributed by atoms with Crippen molar-refractivity contribution in [1.29, 1.82) is 0 Å². The van der Waals surface area contributed by atoms with E-state index < -0.39 is 23.5 Å². The number of ether oxygens (including phenoxy) is 2. The van der Waals surface area contributed by atoms with Crippen LogP contribution in [0.4, 0.5) is 4.39 Å². The summed E-state index contributed by atoms with van der Waals surface area (Å²) in [5.74, 6) is -1.17. The maximum absolute atomic E-state index is 15.6. The first-order valence-electron chi connectivity index (χ1n) is 14.7. The molecule has 0 saturated carbocycles. The monoisotopic (exact) mass is 560 g/mol. The highest BCUT2D eigenvalue weighted by atomic mass is 19.1. The molecule has 1 N–H and O–H groups in total. The summed E-state index contributed by atoms with van der Waals surface area (Å²) in [6, 6.07) is 12.0. The van der Waals surface area contributed by atoms with Gasteiger partial charge in [0.15, 0.2) is 17.7 Å². The lowest BCUT2D eigenvalue weighted by molar-refractivity contribution is -0.160. The number of carbonyl (C=O) groups is 1. The van der Waals surface area contributed by atoms with Crippen molar-refractivity contribution < 1.29 is 23.8 Å². The van der Waals surface area contributed by atoms with Crippen LogP contribution in [-0.4, -0.2) is 46.3 Å². The number of benzene rings is 2. The highest BCUT2D eigenvalue weighted by Crippen LogP contribution is 2.44. The summed E-state index contributed by atoms with van der Waals surface area (Å²) in [5, 5.41) is 10.4. The first-order chi connectivity index (χ1) is 19.5. The quantitative estimate of drug-likeness (QED) is 0.328. The van der Waals surface area contributed by atoms with Gasteiger partial charge in [-0.1, -0.05) is 30.3 Å². The summed E-state index contributed by atoms with van der Waals surface area (Å²) in [5.41, 5.74) is 6.90. The molecule has 5 rings (SSSR count). The highest BCUT2D eigenvalue weighted by molar-refractivity contribution is 5.84. The van der Waals surface area contributed by atoms with E-state index in [-0.39, 0.29) is 0 Å². The number of hydrogen-bond acceptors (Lipinski definition) is 5. The number of rotatable bonds is 8. The fourth-order valence-electron chi connectivity index (χ4n) is 6.24. The summed E-state index contributed by atoms with van der Waals surface area (Å²) in [7, 11) is 0. The van der Waals surface area contributed by atoms with Gasteiger partial charge >= 0.3 is 5.97 Å². The van der Waals surface area contributed by atoms with Crippen LogP contribution in [0.25, 0.3) is 11.1 Å². The van der Waals surface area contributed by atoms with Crippen molar-refractivity contribution >= 4 is 5.97 Å². The largest absolute Gasteiger partial charge is 0.490 e. The van der Waals surface area contributed by atoms with Gasteiger partial charge in [-0.3, -0.25) is 9.88 Å². The normalized spacial score (nSPS) is 16.0. The van der Waals surface area contributed by atoms with Crippen molar-refractivity contribution in [2.75, 3.05) is 19.7 Å². The number of aromatic nitrogens is 1.